The Hall–Kier alpha value is -2.42. The van der Waals surface area contributed by atoms with Gasteiger partial charge >= 0.3 is 5.97 Å². The number of nitrogens with zero attached hydrogens (tertiary/aromatic N) is 1. The number of fused-ring (bicyclic) bond motifs is 1. The summed E-state index contributed by atoms with van der Waals surface area (Å²) >= 11 is 0. The second-order valence-electron chi connectivity index (χ2n) is 7.42. The monoisotopic (exact) mass is 394 g/mol. The van der Waals surface area contributed by atoms with Gasteiger partial charge in [-0.25, -0.2) is 12.7 Å². The van der Waals surface area contributed by atoms with Crippen LogP contribution in [0.4, 0.5) is 0 Å². The highest BCUT2D eigenvalue weighted by Gasteiger charge is 2.43. The van der Waals surface area contributed by atoms with Crippen LogP contribution in [0.15, 0.2) is 23.1 Å². The topological polar surface area (TPSA) is 121 Å². The Morgan fingerprint density at radius 2 is 1.89 bits per heavy atom. The van der Waals surface area contributed by atoms with E-state index in [-0.39, 0.29) is 22.4 Å². The number of benzene rings is 1. The van der Waals surface area contributed by atoms with Gasteiger partial charge in [0.2, 0.25) is 0 Å². The lowest BCUT2D eigenvalue weighted by atomic mass is 9.92. The predicted molar refractivity (Wildman–Crippen MR) is 95.9 cm³/mol. The zero-order chi connectivity index (χ0) is 20.0. The van der Waals surface area contributed by atoms with Gasteiger partial charge in [-0.3, -0.25) is 14.4 Å². The van der Waals surface area contributed by atoms with Crippen LogP contribution in [0.5, 0.6) is 0 Å². The van der Waals surface area contributed by atoms with Gasteiger partial charge in [0.25, 0.3) is 21.8 Å². The van der Waals surface area contributed by atoms with Crippen LogP contribution < -0.4 is 5.32 Å². The van der Waals surface area contributed by atoms with Crippen LogP contribution >= 0.6 is 0 Å². The normalized spacial score (nSPS) is 20.0. The first-order valence-corrected chi connectivity index (χ1v) is 10.3. The van der Waals surface area contributed by atoms with Gasteiger partial charge < -0.3 is 10.4 Å². The summed E-state index contributed by atoms with van der Waals surface area (Å²) in [4.78, 5) is 36.1. The average Bonchev–Trinajstić information content (AvgIpc) is 3.07. The highest BCUT2D eigenvalue weighted by Crippen LogP contribution is 2.35. The summed E-state index contributed by atoms with van der Waals surface area (Å²) in [5, 5.41) is 11.9. The van der Waals surface area contributed by atoms with E-state index in [1.807, 2.05) is 0 Å². The number of carbonyl (C=O) groups excluding carboxylic acids is 2. The Morgan fingerprint density at radius 3 is 2.44 bits per heavy atom. The lowest BCUT2D eigenvalue weighted by molar-refractivity contribution is -0.138. The van der Waals surface area contributed by atoms with Crippen molar-refractivity contribution in [3.63, 3.8) is 0 Å². The summed E-state index contributed by atoms with van der Waals surface area (Å²) in [5.74, 6) is -2.14. The molecule has 1 heterocycles. The fourth-order valence-electron chi connectivity index (χ4n) is 3.90. The van der Waals surface area contributed by atoms with E-state index in [9.17, 15) is 22.8 Å². The molecule has 27 heavy (non-hydrogen) atoms. The van der Waals surface area contributed by atoms with Crippen molar-refractivity contribution in [1.82, 2.24) is 9.62 Å². The first-order valence-electron chi connectivity index (χ1n) is 8.84. The molecular weight excluding hydrogens is 372 g/mol. The van der Waals surface area contributed by atoms with Gasteiger partial charge in [-0.2, -0.15) is 0 Å². The first-order chi connectivity index (χ1) is 12.6. The molecule has 0 unspecified atom stereocenters. The third kappa shape index (κ3) is 3.31. The van der Waals surface area contributed by atoms with Gasteiger partial charge in [0.1, 0.15) is 4.90 Å². The number of carboxylic acid groups (broad SMARTS) is 1. The molecule has 1 saturated carbocycles. The molecule has 8 nitrogen and oxygen atoms in total. The van der Waals surface area contributed by atoms with Gasteiger partial charge in [-0.15, -0.1) is 0 Å². The lowest BCUT2D eigenvalue weighted by Gasteiger charge is -2.28. The maximum Gasteiger partial charge on any atom is 0.305 e. The Balaban J connectivity index is 1.92. The Labute approximate surface area is 157 Å². The van der Waals surface area contributed by atoms with E-state index in [0.717, 1.165) is 17.1 Å². The SMILES string of the molecule is CC(C)N1C(=O)c2ccc(C(=O)NC3(CC(=O)O)CCCC3)cc2S1(=O)=O. The highest BCUT2D eigenvalue weighted by molar-refractivity contribution is 7.90. The number of aliphatic carboxylic acids is 1. The quantitative estimate of drug-likeness (QED) is 0.785. The van der Waals surface area contributed by atoms with Crippen molar-refractivity contribution in [1.29, 1.82) is 0 Å². The number of carboxylic acids is 1. The molecule has 1 aromatic rings. The summed E-state index contributed by atoms with van der Waals surface area (Å²) in [5.41, 5.74) is -0.686. The van der Waals surface area contributed by atoms with Crippen molar-refractivity contribution in [2.24, 2.45) is 0 Å². The highest BCUT2D eigenvalue weighted by atomic mass is 32.2. The number of rotatable bonds is 5. The zero-order valence-electron chi connectivity index (χ0n) is 15.2. The predicted octanol–water partition coefficient (Wildman–Crippen LogP) is 1.76. The van der Waals surface area contributed by atoms with Gasteiger partial charge in [0, 0.05) is 11.6 Å². The summed E-state index contributed by atoms with van der Waals surface area (Å²) in [6.45, 7) is 3.20. The summed E-state index contributed by atoms with van der Waals surface area (Å²) < 4.78 is 26.1. The molecule has 9 heteroatoms. The van der Waals surface area contributed by atoms with Crippen LogP contribution in [-0.2, 0) is 14.8 Å². The molecular formula is C18H22N2O6S. The Kier molecular flexibility index (Phi) is 4.75. The summed E-state index contributed by atoms with van der Waals surface area (Å²) in [7, 11) is -4.00. The van der Waals surface area contributed by atoms with Crippen molar-refractivity contribution in [2.75, 3.05) is 0 Å². The maximum absolute atomic E-state index is 12.7. The second-order valence-corrected chi connectivity index (χ2v) is 9.21. The van der Waals surface area contributed by atoms with E-state index in [0.29, 0.717) is 12.8 Å². The third-order valence-electron chi connectivity index (χ3n) is 5.11. The molecule has 0 atom stereocenters. The van der Waals surface area contributed by atoms with Gasteiger partial charge in [0.05, 0.1) is 17.5 Å². The molecule has 0 spiro atoms. The summed E-state index contributed by atoms with van der Waals surface area (Å²) in [6, 6.07) is 3.40. The van der Waals surface area contributed by atoms with Gasteiger partial charge in [0.15, 0.2) is 0 Å². The Morgan fingerprint density at radius 1 is 1.26 bits per heavy atom. The number of sulfonamides is 1. The number of amides is 2. The molecule has 1 aromatic carbocycles. The van der Waals surface area contributed by atoms with Gasteiger partial charge in [-0.05, 0) is 44.9 Å². The molecule has 0 saturated heterocycles. The fourth-order valence-corrected chi connectivity index (χ4v) is 5.69. The molecule has 2 N–H and O–H groups in total. The minimum absolute atomic E-state index is 0.0429. The van der Waals surface area contributed by atoms with E-state index in [1.165, 1.54) is 18.2 Å². The third-order valence-corrected chi connectivity index (χ3v) is 7.11. The van der Waals surface area contributed by atoms with Crippen molar-refractivity contribution in [2.45, 2.75) is 62.4 Å². The van der Waals surface area contributed by atoms with Crippen LogP contribution in [0, 0.1) is 0 Å². The minimum Gasteiger partial charge on any atom is -0.481 e. The maximum atomic E-state index is 12.7. The van der Waals surface area contributed by atoms with Crippen LogP contribution in [0.1, 0.15) is 66.7 Å². The number of hydrogen-bond acceptors (Lipinski definition) is 5. The Bertz CT molecular complexity index is 916. The first kappa shape index (κ1) is 19.3. The fraction of sp³-hybridized carbons (Fsp3) is 0.500. The van der Waals surface area contributed by atoms with Crippen LogP contribution in [0.25, 0.3) is 0 Å². The smallest absolute Gasteiger partial charge is 0.305 e. The van der Waals surface area contributed by atoms with E-state index in [4.69, 9.17) is 5.11 Å². The zero-order valence-corrected chi connectivity index (χ0v) is 16.0. The molecule has 0 bridgehead atoms. The number of hydrogen-bond donors (Lipinski definition) is 2. The van der Waals surface area contributed by atoms with Crippen molar-refractivity contribution >= 4 is 27.8 Å². The molecule has 0 aromatic heterocycles. The number of nitrogens with one attached hydrogen (secondary N) is 1. The van der Waals surface area contributed by atoms with Gasteiger partial charge in [-0.1, -0.05) is 12.8 Å². The van der Waals surface area contributed by atoms with E-state index >= 15 is 0 Å². The molecule has 2 amide bonds. The molecule has 1 aliphatic heterocycles. The molecule has 1 fully saturated rings. The van der Waals surface area contributed by atoms with Crippen LogP contribution in [-0.4, -0.2) is 47.2 Å². The summed E-state index contributed by atoms with van der Waals surface area (Å²) in [6.07, 6.45) is 2.59. The van der Waals surface area contributed by atoms with E-state index in [1.54, 1.807) is 13.8 Å². The van der Waals surface area contributed by atoms with Crippen molar-refractivity contribution in [3.8, 4) is 0 Å². The van der Waals surface area contributed by atoms with E-state index in [2.05, 4.69) is 5.32 Å². The van der Waals surface area contributed by atoms with E-state index < -0.39 is 39.4 Å². The molecule has 2 aliphatic rings. The molecule has 1 aliphatic carbocycles. The lowest BCUT2D eigenvalue weighted by Crippen LogP contribution is -2.47. The molecule has 146 valence electrons. The van der Waals surface area contributed by atoms with Crippen molar-refractivity contribution in [3.05, 3.63) is 29.3 Å². The largest absolute Gasteiger partial charge is 0.481 e. The second kappa shape index (κ2) is 6.63. The number of carbonyl (C=O) groups is 3. The molecule has 3 rings (SSSR count). The minimum atomic E-state index is -4.00. The molecule has 0 radical (unpaired) electrons. The average molecular weight is 394 g/mol. The van der Waals surface area contributed by atoms with Crippen molar-refractivity contribution < 1.29 is 27.9 Å². The van der Waals surface area contributed by atoms with Crippen LogP contribution in [0.3, 0.4) is 0 Å². The standard InChI is InChI=1S/C18H22N2O6S/c1-11(2)20-17(24)13-6-5-12(9-14(13)27(20,25)26)16(23)19-18(10-15(21)22)7-3-4-8-18/h5-6,9,11H,3-4,7-8,10H2,1-2H3,(H,19,23)(H,21,22). The van der Waals surface area contributed by atoms with Crippen LogP contribution in [0.2, 0.25) is 0 Å².